The maximum absolute atomic E-state index is 13.1. The third-order valence-electron chi connectivity index (χ3n) is 4.92. The van der Waals surface area contributed by atoms with E-state index >= 15 is 0 Å². The molecular formula is C24H31ClN2O3. The summed E-state index contributed by atoms with van der Waals surface area (Å²) in [5.74, 6) is 0.165. The van der Waals surface area contributed by atoms with Crippen molar-refractivity contribution in [2.45, 2.75) is 53.6 Å². The Morgan fingerprint density at radius 3 is 2.40 bits per heavy atom. The van der Waals surface area contributed by atoms with Crippen LogP contribution in [-0.4, -0.2) is 35.9 Å². The van der Waals surface area contributed by atoms with Crippen LogP contribution in [0.3, 0.4) is 0 Å². The number of carbonyl (C=O) groups is 2. The summed E-state index contributed by atoms with van der Waals surface area (Å²) in [4.78, 5) is 27.2. The second-order valence-electron chi connectivity index (χ2n) is 7.64. The highest BCUT2D eigenvalue weighted by atomic mass is 35.5. The number of halogens is 1. The minimum atomic E-state index is -0.609. The molecule has 2 rings (SSSR count). The predicted molar refractivity (Wildman–Crippen MR) is 121 cm³/mol. The maximum Gasteiger partial charge on any atom is 0.261 e. The minimum absolute atomic E-state index is 0.155. The van der Waals surface area contributed by atoms with Crippen LogP contribution in [0.25, 0.3) is 0 Å². The summed E-state index contributed by atoms with van der Waals surface area (Å²) in [6, 6.07) is 10.9. The normalized spacial score (nSPS) is 11.7. The van der Waals surface area contributed by atoms with Crippen molar-refractivity contribution in [3.63, 3.8) is 0 Å². The van der Waals surface area contributed by atoms with Crippen LogP contribution in [0.4, 0.5) is 0 Å². The van der Waals surface area contributed by atoms with E-state index in [1.165, 1.54) is 0 Å². The fraction of sp³-hybridized carbons (Fsp3) is 0.417. The Kier molecular flexibility index (Phi) is 8.72. The minimum Gasteiger partial charge on any atom is -0.484 e. The lowest BCUT2D eigenvalue weighted by atomic mass is 10.1. The highest BCUT2D eigenvalue weighted by molar-refractivity contribution is 6.32. The van der Waals surface area contributed by atoms with Crippen LogP contribution in [0.5, 0.6) is 5.75 Å². The van der Waals surface area contributed by atoms with E-state index in [0.717, 1.165) is 28.7 Å². The molecule has 162 valence electrons. The van der Waals surface area contributed by atoms with Crippen LogP contribution in [0.2, 0.25) is 5.02 Å². The topological polar surface area (TPSA) is 58.6 Å². The van der Waals surface area contributed by atoms with E-state index in [1.54, 1.807) is 11.8 Å². The van der Waals surface area contributed by atoms with E-state index < -0.39 is 6.04 Å². The molecule has 0 aliphatic rings. The number of carbonyl (C=O) groups excluding carboxylic acids is 2. The largest absolute Gasteiger partial charge is 0.484 e. The summed E-state index contributed by atoms with van der Waals surface area (Å²) in [6.45, 7) is 10.3. The quantitative estimate of drug-likeness (QED) is 0.633. The van der Waals surface area contributed by atoms with Gasteiger partial charge in [0, 0.05) is 18.1 Å². The first-order valence-electron chi connectivity index (χ1n) is 10.2. The standard InChI is InChI=1S/C24H31ClN2O3/c1-6-10-26-24(29)19(5)27(14-20-9-7-8-16(2)11-20)22(28)15-30-21-12-17(3)23(25)18(4)13-21/h7-9,11-13,19H,6,10,14-15H2,1-5H3,(H,26,29). The van der Waals surface area contributed by atoms with E-state index in [0.29, 0.717) is 23.9 Å². The van der Waals surface area contributed by atoms with Crippen LogP contribution in [-0.2, 0) is 16.1 Å². The number of amides is 2. The molecule has 0 spiro atoms. The number of benzene rings is 2. The molecule has 0 heterocycles. The second kappa shape index (κ2) is 11.0. The van der Waals surface area contributed by atoms with Crippen LogP contribution in [0.1, 0.15) is 42.5 Å². The van der Waals surface area contributed by atoms with Crippen LogP contribution in [0, 0.1) is 20.8 Å². The molecular weight excluding hydrogens is 400 g/mol. The van der Waals surface area contributed by atoms with Gasteiger partial charge in [0.1, 0.15) is 11.8 Å². The molecule has 1 atom stereocenters. The SMILES string of the molecule is CCCNC(=O)C(C)N(Cc1cccc(C)c1)C(=O)COc1cc(C)c(Cl)c(C)c1. The molecule has 0 aliphatic heterocycles. The van der Waals surface area contributed by atoms with Gasteiger partial charge < -0.3 is 15.0 Å². The number of hydrogen-bond acceptors (Lipinski definition) is 3. The lowest BCUT2D eigenvalue weighted by Gasteiger charge is -2.29. The molecule has 0 bridgehead atoms. The Morgan fingerprint density at radius 1 is 1.13 bits per heavy atom. The van der Waals surface area contributed by atoms with Crippen molar-refractivity contribution in [3.05, 3.63) is 63.7 Å². The Labute approximate surface area is 184 Å². The molecule has 0 fully saturated rings. The Bertz CT molecular complexity index is 875. The summed E-state index contributed by atoms with van der Waals surface area (Å²) in [5.41, 5.74) is 3.86. The van der Waals surface area contributed by atoms with Gasteiger partial charge in [0.15, 0.2) is 6.61 Å². The predicted octanol–water partition coefficient (Wildman–Crippen LogP) is 4.59. The molecule has 1 unspecified atom stereocenters. The number of aryl methyl sites for hydroxylation is 3. The summed E-state index contributed by atoms with van der Waals surface area (Å²) in [7, 11) is 0. The van der Waals surface area contributed by atoms with Crippen LogP contribution in [0.15, 0.2) is 36.4 Å². The molecule has 2 amide bonds. The van der Waals surface area contributed by atoms with Gasteiger partial charge >= 0.3 is 0 Å². The van der Waals surface area contributed by atoms with Crippen molar-refractivity contribution in [2.24, 2.45) is 0 Å². The van der Waals surface area contributed by atoms with Crippen molar-refractivity contribution >= 4 is 23.4 Å². The second-order valence-corrected chi connectivity index (χ2v) is 8.02. The van der Waals surface area contributed by atoms with Crippen molar-refractivity contribution < 1.29 is 14.3 Å². The zero-order valence-corrected chi connectivity index (χ0v) is 19.2. The Hall–Kier alpha value is -2.53. The summed E-state index contributed by atoms with van der Waals surface area (Å²) >= 11 is 6.21. The summed E-state index contributed by atoms with van der Waals surface area (Å²) in [5, 5.41) is 3.56. The molecule has 5 nitrogen and oxygen atoms in total. The molecule has 1 N–H and O–H groups in total. The van der Waals surface area contributed by atoms with E-state index in [1.807, 2.05) is 64.1 Å². The summed E-state index contributed by atoms with van der Waals surface area (Å²) in [6.07, 6.45) is 0.836. The smallest absolute Gasteiger partial charge is 0.261 e. The number of nitrogens with one attached hydrogen (secondary N) is 1. The molecule has 0 aromatic heterocycles. The van der Waals surface area contributed by atoms with Crippen LogP contribution < -0.4 is 10.1 Å². The van der Waals surface area contributed by atoms with E-state index in [2.05, 4.69) is 5.32 Å². The van der Waals surface area contributed by atoms with Crippen molar-refractivity contribution in [1.82, 2.24) is 10.2 Å². The molecule has 30 heavy (non-hydrogen) atoms. The third-order valence-corrected chi connectivity index (χ3v) is 5.52. The zero-order chi connectivity index (χ0) is 22.3. The molecule has 0 saturated heterocycles. The van der Waals surface area contributed by atoms with Gasteiger partial charge in [0.25, 0.3) is 5.91 Å². The maximum atomic E-state index is 13.1. The number of hydrogen-bond donors (Lipinski definition) is 1. The number of rotatable bonds is 9. The highest BCUT2D eigenvalue weighted by Gasteiger charge is 2.26. The van der Waals surface area contributed by atoms with Gasteiger partial charge in [-0.05, 0) is 62.9 Å². The highest BCUT2D eigenvalue weighted by Crippen LogP contribution is 2.26. The molecule has 0 saturated carbocycles. The van der Waals surface area contributed by atoms with Gasteiger partial charge in [-0.2, -0.15) is 0 Å². The lowest BCUT2D eigenvalue weighted by Crippen LogP contribution is -2.49. The van der Waals surface area contributed by atoms with Crippen molar-refractivity contribution in [3.8, 4) is 5.75 Å². The molecule has 2 aromatic carbocycles. The van der Waals surface area contributed by atoms with Gasteiger partial charge in [-0.15, -0.1) is 0 Å². The van der Waals surface area contributed by atoms with Gasteiger partial charge in [0.05, 0.1) is 0 Å². The van der Waals surface area contributed by atoms with Crippen molar-refractivity contribution in [2.75, 3.05) is 13.2 Å². The first kappa shape index (κ1) is 23.7. The van der Waals surface area contributed by atoms with Gasteiger partial charge in [-0.1, -0.05) is 48.4 Å². The van der Waals surface area contributed by atoms with E-state index in [4.69, 9.17) is 16.3 Å². The van der Waals surface area contributed by atoms with Crippen molar-refractivity contribution in [1.29, 1.82) is 0 Å². The molecule has 2 aromatic rings. The fourth-order valence-electron chi connectivity index (χ4n) is 3.20. The first-order chi connectivity index (χ1) is 14.2. The van der Waals surface area contributed by atoms with E-state index in [9.17, 15) is 9.59 Å². The number of ether oxygens (including phenoxy) is 1. The lowest BCUT2D eigenvalue weighted by molar-refractivity contribution is -0.142. The van der Waals surface area contributed by atoms with Crippen LogP contribution >= 0.6 is 11.6 Å². The summed E-state index contributed by atoms with van der Waals surface area (Å²) < 4.78 is 5.76. The Balaban J connectivity index is 2.17. The molecule has 6 heteroatoms. The van der Waals surface area contributed by atoms with Gasteiger partial charge in [-0.3, -0.25) is 9.59 Å². The van der Waals surface area contributed by atoms with Gasteiger partial charge in [-0.25, -0.2) is 0 Å². The average molecular weight is 431 g/mol. The first-order valence-corrected chi connectivity index (χ1v) is 10.6. The fourth-order valence-corrected chi connectivity index (χ4v) is 3.31. The number of nitrogens with zero attached hydrogens (tertiary/aromatic N) is 1. The molecule has 0 aliphatic carbocycles. The Morgan fingerprint density at radius 2 is 1.80 bits per heavy atom. The van der Waals surface area contributed by atoms with Gasteiger partial charge in [0.2, 0.25) is 5.91 Å². The molecule has 0 radical (unpaired) electrons. The zero-order valence-electron chi connectivity index (χ0n) is 18.4. The average Bonchev–Trinajstić information content (AvgIpc) is 2.71. The monoisotopic (exact) mass is 430 g/mol. The third kappa shape index (κ3) is 6.49. The van der Waals surface area contributed by atoms with E-state index in [-0.39, 0.29) is 18.4 Å².